The van der Waals surface area contributed by atoms with Crippen LogP contribution < -0.4 is 9.47 Å². The van der Waals surface area contributed by atoms with Crippen LogP contribution in [0.5, 0.6) is 11.5 Å². The van der Waals surface area contributed by atoms with Gasteiger partial charge in [-0.2, -0.15) is 0 Å². The van der Waals surface area contributed by atoms with E-state index in [9.17, 15) is 14.0 Å². The molecule has 1 aliphatic heterocycles. The molecule has 1 saturated heterocycles. The number of carbonyl (C=O) groups is 2. The number of methoxy groups -OCH3 is 1. The number of hydrogen-bond acceptors (Lipinski definition) is 6. The number of thiocarbonyl (C=S) groups is 1. The average Bonchev–Trinajstić information content (AvgIpc) is 2.95. The molecule has 1 heterocycles. The van der Waals surface area contributed by atoms with Crippen LogP contribution in [0.3, 0.4) is 0 Å². The fourth-order valence-corrected chi connectivity index (χ4v) is 3.84. The molecule has 9 heteroatoms. The van der Waals surface area contributed by atoms with Crippen molar-refractivity contribution in [3.63, 3.8) is 0 Å². The van der Waals surface area contributed by atoms with Crippen LogP contribution in [0.4, 0.5) is 4.39 Å². The molecule has 3 rings (SSSR count). The van der Waals surface area contributed by atoms with Gasteiger partial charge in [0.15, 0.2) is 11.5 Å². The fraction of sp³-hybridized carbons (Fsp3) is 0.150. The Morgan fingerprint density at radius 1 is 1.28 bits per heavy atom. The highest BCUT2D eigenvalue weighted by atomic mass is 32.2. The number of carboxylic acid groups (broad SMARTS) is 1. The summed E-state index contributed by atoms with van der Waals surface area (Å²) in [6, 6.07) is 11.4. The van der Waals surface area contributed by atoms with Crippen LogP contribution in [0.2, 0.25) is 0 Å². The molecular weight excluding hydrogens is 417 g/mol. The standard InChI is InChI=1S/C20H16FNO5S2/c1-26-16-8-12(9-17-19(25)22(10-18(23)24)20(28)29-17)6-7-15(16)27-11-13-4-2-3-5-14(13)21/h2-9H,10-11H2,1H3,(H,23,24). The van der Waals surface area contributed by atoms with Crippen LogP contribution in [0.1, 0.15) is 11.1 Å². The third-order valence-electron chi connectivity index (χ3n) is 3.99. The Morgan fingerprint density at radius 2 is 2.03 bits per heavy atom. The first-order chi connectivity index (χ1) is 13.9. The van der Waals surface area contributed by atoms with E-state index in [0.29, 0.717) is 27.5 Å². The van der Waals surface area contributed by atoms with Crippen LogP contribution in [0, 0.1) is 5.82 Å². The van der Waals surface area contributed by atoms with Crippen molar-refractivity contribution >= 4 is 46.3 Å². The van der Waals surface area contributed by atoms with Gasteiger partial charge >= 0.3 is 5.97 Å². The summed E-state index contributed by atoms with van der Waals surface area (Å²) in [6.07, 6.45) is 1.60. The van der Waals surface area contributed by atoms with Crippen molar-refractivity contribution in [2.45, 2.75) is 6.61 Å². The number of aliphatic carboxylic acids is 1. The lowest BCUT2D eigenvalue weighted by Gasteiger charge is -2.12. The topological polar surface area (TPSA) is 76.1 Å². The van der Waals surface area contributed by atoms with Gasteiger partial charge in [-0.3, -0.25) is 14.5 Å². The van der Waals surface area contributed by atoms with Gasteiger partial charge in [0.2, 0.25) is 0 Å². The second-order valence-corrected chi connectivity index (χ2v) is 7.63. The fourth-order valence-electron chi connectivity index (χ4n) is 2.59. The summed E-state index contributed by atoms with van der Waals surface area (Å²) in [5.41, 5.74) is 1.07. The quantitative estimate of drug-likeness (QED) is 0.527. The van der Waals surface area contributed by atoms with Crippen molar-refractivity contribution in [1.29, 1.82) is 0 Å². The van der Waals surface area contributed by atoms with E-state index in [4.69, 9.17) is 26.8 Å². The summed E-state index contributed by atoms with van der Waals surface area (Å²) >= 11 is 6.12. The largest absolute Gasteiger partial charge is 0.493 e. The van der Waals surface area contributed by atoms with Crippen molar-refractivity contribution < 1.29 is 28.6 Å². The number of carbonyl (C=O) groups excluding carboxylic acids is 1. The van der Waals surface area contributed by atoms with E-state index >= 15 is 0 Å². The predicted octanol–water partition coefficient (Wildman–Crippen LogP) is 3.70. The van der Waals surface area contributed by atoms with Crippen molar-refractivity contribution in [1.82, 2.24) is 4.90 Å². The maximum atomic E-state index is 13.7. The summed E-state index contributed by atoms with van der Waals surface area (Å²) in [5.74, 6) is -1.12. The zero-order valence-electron chi connectivity index (χ0n) is 15.3. The molecule has 0 radical (unpaired) electrons. The van der Waals surface area contributed by atoms with Crippen molar-refractivity contribution in [3.8, 4) is 11.5 Å². The highest BCUT2D eigenvalue weighted by Gasteiger charge is 2.33. The van der Waals surface area contributed by atoms with E-state index in [2.05, 4.69) is 0 Å². The Morgan fingerprint density at radius 3 is 2.72 bits per heavy atom. The zero-order valence-corrected chi connectivity index (χ0v) is 16.9. The lowest BCUT2D eigenvalue weighted by Crippen LogP contribution is -2.33. The smallest absolute Gasteiger partial charge is 0.323 e. The van der Waals surface area contributed by atoms with Crippen molar-refractivity contribution in [3.05, 3.63) is 64.3 Å². The Bertz CT molecular complexity index is 1010. The Kier molecular flexibility index (Phi) is 6.50. The van der Waals surface area contributed by atoms with Crippen molar-refractivity contribution in [2.24, 2.45) is 0 Å². The molecule has 2 aromatic rings. The number of nitrogens with zero attached hydrogens (tertiary/aromatic N) is 1. The van der Waals surface area contributed by atoms with E-state index in [1.165, 1.54) is 13.2 Å². The molecule has 1 aliphatic rings. The monoisotopic (exact) mass is 433 g/mol. The SMILES string of the molecule is COc1cc(C=C2SC(=S)N(CC(=O)O)C2=O)ccc1OCc1ccccc1F. The van der Waals surface area contributed by atoms with E-state index in [1.54, 1.807) is 42.5 Å². The molecule has 29 heavy (non-hydrogen) atoms. The predicted molar refractivity (Wildman–Crippen MR) is 111 cm³/mol. The number of hydrogen-bond donors (Lipinski definition) is 1. The molecule has 0 saturated carbocycles. The first-order valence-corrected chi connectivity index (χ1v) is 9.63. The summed E-state index contributed by atoms with van der Waals surface area (Å²) in [7, 11) is 1.47. The average molecular weight is 433 g/mol. The minimum atomic E-state index is -1.14. The maximum absolute atomic E-state index is 13.7. The highest BCUT2D eigenvalue weighted by Crippen LogP contribution is 2.35. The van der Waals surface area contributed by atoms with Gasteiger partial charge in [0.25, 0.3) is 5.91 Å². The number of rotatable bonds is 7. The van der Waals surface area contributed by atoms with E-state index in [1.807, 2.05) is 0 Å². The molecule has 0 spiro atoms. The first kappa shape index (κ1) is 20.8. The number of amides is 1. The van der Waals surface area contributed by atoms with Crippen LogP contribution in [0.25, 0.3) is 6.08 Å². The van der Waals surface area contributed by atoms with Gasteiger partial charge in [-0.05, 0) is 29.8 Å². The van der Waals surface area contributed by atoms with Gasteiger partial charge in [0.05, 0.1) is 12.0 Å². The normalized spacial score (nSPS) is 15.1. The van der Waals surface area contributed by atoms with Crippen LogP contribution in [-0.2, 0) is 16.2 Å². The lowest BCUT2D eigenvalue weighted by molar-refractivity contribution is -0.140. The molecule has 6 nitrogen and oxygen atoms in total. The summed E-state index contributed by atoms with van der Waals surface area (Å²) in [6.45, 7) is -0.440. The molecule has 0 atom stereocenters. The number of thioether (sulfide) groups is 1. The van der Waals surface area contributed by atoms with E-state index in [-0.39, 0.29) is 16.7 Å². The minimum Gasteiger partial charge on any atom is -0.493 e. The van der Waals surface area contributed by atoms with Crippen LogP contribution in [0.15, 0.2) is 47.4 Å². The molecule has 150 valence electrons. The maximum Gasteiger partial charge on any atom is 0.323 e. The number of carboxylic acids is 1. The Labute approximate surface area is 175 Å². The molecule has 0 bridgehead atoms. The Balaban J connectivity index is 1.77. The highest BCUT2D eigenvalue weighted by molar-refractivity contribution is 8.26. The molecule has 2 aromatic carbocycles. The number of ether oxygens (including phenoxy) is 2. The molecule has 1 amide bonds. The van der Waals surface area contributed by atoms with Crippen molar-refractivity contribution in [2.75, 3.05) is 13.7 Å². The third-order valence-corrected chi connectivity index (χ3v) is 5.37. The Hall–Kier alpha value is -2.91. The lowest BCUT2D eigenvalue weighted by atomic mass is 10.1. The van der Waals surface area contributed by atoms with Gasteiger partial charge in [-0.25, -0.2) is 4.39 Å². The molecule has 0 aliphatic carbocycles. The number of halogens is 1. The molecule has 1 N–H and O–H groups in total. The van der Waals surface area contributed by atoms with E-state index in [0.717, 1.165) is 16.7 Å². The van der Waals surface area contributed by atoms with Crippen LogP contribution in [-0.4, -0.2) is 39.9 Å². The third kappa shape index (κ3) is 4.93. The molecule has 1 fully saturated rings. The van der Waals surface area contributed by atoms with Gasteiger partial charge in [-0.1, -0.05) is 48.2 Å². The first-order valence-electron chi connectivity index (χ1n) is 8.40. The van der Waals surface area contributed by atoms with Gasteiger partial charge in [0.1, 0.15) is 23.3 Å². The van der Waals surface area contributed by atoms with E-state index < -0.39 is 18.4 Å². The zero-order chi connectivity index (χ0) is 21.0. The van der Waals surface area contributed by atoms with Gasteiger partial charge < -0.3 is 14.6 Å². The number of benzene rings is 2. The summed E-state index contributed by atoms with van der Waals surface area (Å²) in [4.78, 5) is 24.6. The van der Waals surface area contributed by atoms with Crippen LogP contribution >= 0.6 is 24.0 Å². The second-order valence-electron chi connectivity index (χ2n) is 5.95. The van der Waals surface area contributed by atoms with Gasteiger partial charge in [0, 0.05) is 5.56 Å². The molecular formula is C20H16FNO5S2. The summed E-state index contributed by atoms with van der Waals surface area (Å²) < 4.78 is 24.9. The molecule has 0 aromatic heterocycles. The minimum absolute atomic E-state index is 0.0379. The molecule has 0 unspecified atom stereocenters. The van der Waals surface area contributed by atoms with Gasteiger partial charge in [-0.15, -0.1) is 0 Å². The second kappa shape index (κ2) is 9.06. The summed E-state index contributed by atoms with van der Waals surface area (Å²) in [5, 5.41) is 8.90.